The first kappa shape index (κ1) is 21.6. The predicted octanol–water partition coefficient (Wildman–Crippen LogP) is 4.80. The lowest BCUT2D eigenvalue weighted by molar-refractivity contribution is -0.134. The maximum atomic E-state index is 13.3. The molecule has 0 radical (unpaired) electrons. The normalized spacial score (nSPS) is 17.9. The van der Waals surface area contributed by atoms with E-state index in [1.165, 1.54) is 0 Å². The van der Waals surface area contributed by atoms with Crippen molar-refractivity contribution >= 4 is 35.1 Å². The zero-order valence-electron chi connectivity index (χ0n) is 17.5. The smallest absolute Gasteiger partial charge is 0.324 e. The SMILES string of the molecule is CC[C@@]1(c2ccc(Cl)cc2)NC(=O)N(CC(=O)Nc2ccccc2-c2ccccc2)C1=O. The molecule has 0 spiro atoms. The summed E-state index contributed by atoms with van der Waals surface area (Å²) in [5.74, 6) is -0.918. The van der Waals surface area contributed by atoms with E-state index in [4.69, 9.17) is 11.6 Å². The number of carbonyl (C=O) groups excluding carboxylic acids is 3. The highest BCUT2D eigenvalue weighted by Gasteiger charge is 2.51. The molecule has 1 aliphatic heterocycles. The number of imide groups is 1. The molecule has 2 N–H and O–H groups in total. The van der Waals surface area contributed by atoms with Crippen LogP contribution in [0, 0.1) is 0 Å². The maximum absolute atomic E-state index is 13.3. The number of para-hydroxylation sites is 1. The molecular formula is C25H22ClN3O3. The molecule has 162 valence electrons. The van der Waals surface area contributed by atoms with Crippen molar-refractivity contribution in [3.8, 4) is 11.1 Å². The van der Waals surface area contributed by atoms with Crippen LogP contribution in [0.4, 0.5) is 10.5 Å². The molecule has 3 aromatic carbocycles. The Hall–Kier alpha value is -3.64. The standard InChI is InChI=1S/C25H22ClN3O3/c1-2-25(18-12-14-19(26)15-13-18)23(31)29(24(32)28-25)16-22(30)27-21-11-7-6-10-20(21)17-8-4-3-5-9-17/h3-15H,2,16H2,1H3,(H,27,30)(H,28,32)/t25-/m0/s1. The lowest BCUT2D eigenvalue weighted by Gasteiger charge is -2.25. The maximum Gasteiger partial charge on any atom is 0.325 e. The lowest BCUT2D eigenvalue weighted by atomic mass is 9.87. The largest absolute Gasteiger partial charge is 0.325 e. The predicted molar refractivity (Wildman–Crippen MR) is 124 cm³/mol. The minimum atomic E-state index is -1.22. The van der Waals surface area contributed by atoms with Crippen molar-refractivity contribution in [1.29, 1.82) is 0 Å². The van der Waals surface area contributed by atoms with Gasteiger partial charge in [0.25, 0.3) is 5.91 Å². The summed E-state index contributed by atoms with van der Waals surface area (Å²) in [6, 6.07) is 23.2. The van der Waals surface area contributed by atoms with Crippen LogP contribution >= 0.6 is 11.6 Å². The molecule has 32 heavy (non-hydrogen) atoms. The van der Waals surface area contributed by atoms with Crippen LogP contribution in [0.15, 0.2) is 78.9 Å². The van der Waals surface area contributed by atoms with Gasteiger partial charge in [-0.15, -0.1) is 0 Å². The van der Waals surface area contributed by atoms with Gasteiger partial charge in [0.05, 0.1) is 0 Å². The number of carbonyl (C=O) groups is 3. The zero-order valence-corrected chi connectivity index (χ0v) is 18.2. The number of rotatable bonds is 6. The van der Waals surface area contributed by atoms with Crippen molar-refractivity contribution in [1.82, 2.24) is 10.2 Å². The number of anilines is 1. The van der Waals surface area contributed by atoms with E-state index in [9.17, 15) is 14.4 Å². The van der Waals surface area contributed by atoms with Gasteiger partial charge in [-0.25, -0.2) is 4.79 Å². The molecule has 0 aliphatic carbocycles. The Morgan fingerprint density at radius 2 is 1.62 bits per heavy atom. The molecule has 1 saturated heterocycles. The molecule has 1 heterocycles. The number of hydrogen-bond acceptors (Lipinski definition) is 3. The molecule has 6 nitrogen and oxygen atoms in total. The minimum absolute atomic E-state index is 0.341. The van der Waals surface area contributed by atoms with Crippen molar-refractivity contribution in [3.05, 3.63) is 89.4 Å². The highest BCUT2D eigenvalue weighted by atomic mass is 35.5. The summed E-state index contributed by atoms with van der Waals surface area (Å²) in [7, 11) is 0. The molecule has 0 aromatic heterocycles. The Kier molecular flexibility index (Phi) is 5.97. The molecule has 1 atom stereocenters. The second-order valence-electron chi connectivity index (χ2n) is 7.55. The van der Waals surface area contributed by atoms with E-state index in [0.29, 0.717) is 22.7 Å². The highest BCUT2D eigenvalue weighted by Crippen LogP contribution is 2.33. The monoisotopic (exact) mass is 447 g/mol. The van der Waals surface area contributed by atoms with Gasteiger partial charge in [-0.05, 0) is 35.7 Å². The first-order valence-electron chi connectivity index (χ1n) is 10.3. The Morgan fingerprint density at radius 3 is 2.31 bits per heavy atom. The van der Waals surface area contributed by atoms with Gasteiger partial charge < -0.3 is 10.6 Å². The molecule has 4 rings (SSSR count). The van der Waals surface area contributed by atoms with Gasteiger partial charge >= 0.3 is 6.03 Å². The van der Waals surface area contributed by atoms with Crippen LogP contribution in [0.3, 0.4) is 0 Å². The highest BCUT2D eigenvalue weighted by molar-refractivity contribution is 6.30. The summed E-state index contributed by atoms with van der Waals surface area (Å²) < 4.78 is 0. The first-order chi connectivity index (χ1) is 15.4. The number of amides is 4. The molecule has 1 aliphatic rings. The summed E-state index contributed by atoms with van der Waals surface area (Å²) in [6.45, 7) is 1.43. The molecule has 3 aromatic rings. The fourth-order valence-electron chi connectivity index (χ4n) is 3.94. The van der Waals surface area contributed by atoms with E-state index in [0.717, 1.165) is 16.0 Å². The van der Waals surface area contributed by atoms with E-state index in [2.05, 4.69) is 10.6 Å². The van der Waals surface area contributed by atoms with Gasteiger partial charge in [0.1, 0.15) is 12.1 Å². The van der Waals surface area contributed by atoms with Crippen molar-refractivity contribution in [2.75, 3.05) is 11.9 Å². The molecule has 7 heteroatoms. The number of benzene rings is 3. The molecular weight excluding hydrogens is 426 g/mol. The fourth-order valence-corrected chi connectivity index (χ4v) is 4.06. The van der Waals surface area contributed by atoms with Gasteiger partial charge in [0, 0.05) is 16.3 Å². The summed E-state index contributed by atoms with van der Waals surface area (Å²) >= 11 is 5.97. The number of nitrogens with one attached hydrogen (secondary N) is 2. The summed E-state index contributed by atoms with van der Waals surface area (Å²) in [6.07, 6.45) is 0.341. The number of nitrogens with zero attached hydrogens (tertiary/aromatic N) is 1. The van der Waals surface area contributed by atoms with Crippen LogP contribution in [0.2, 0.25) is 5.02 Å². The van der Waals surface area contributed by atoms with E-state index < -0.39 is 23.4 Å². The first-order valence-corrected chi connectivity index (χ1v) is 10.7. The zero-order chi connectivity index (χ0) is 22.7. The Labute approximate surface area is 191 Å². The van der Waals surface area contributed by atoms with Crippen molar-refractivity contribution in [3.63, 3.8) is 0 Å². The second-order valence-corrected chi connectivity index (χ2v) is 7.98. The van der Waals surface area contributed by atoms with E-state index >= 15 is 0 Å². The quantitative estimate of drug-likeness (QED) is 0.532. The Morgan fingerprint density at radius 1 is 0.969 bits per heavy atom. The topological polar surface area (TPSA) is 78.5 Å². The molecule has 1 fully saturated rings. The third-order valence-electron chi connectivity index (χ3n) is 5.63. The van der Waals surface area contributed by atoms with E-state index in [-0.39, 0.29) is 6.54 Å². The number of hydrogen-bond donors (Lipinski definition) is 2. The average Bonchev–Trinajstić information content (AvgIpc) is 3.05. The van der Waals surface area contributed by atoms with Gasteiger partial charge in [0.15, 0.2) is 0 Å². The van der Waals surface area contributed by atoms with Crippen LogP contribution in [0.5, 0.6) is 0 Å². The van der Waals surface area contributed by atoms with Crippen molar-refractivity contribution in [2.45, 2.75) is 18.9 Å². The fraction of sp³-hybridized carbons (Fsp3) is 0.160. The van der Waals surface area contributed by atoms with Crippen molar-refractivity contribution < 1.29 is 14.4 Å². The van der Waals surface area contributed by atoms with Crippen LogP contribution in [0.25, 0.3) is 11.1 Å². The van der Waals surface area contributed by atoms with Crippen LogP contribution in [0.1, 0.15) is 18.9 Å². The van der Waals surface area contributed by atoms with E-state index in [1.54, 1.807) is 30.3 Å². The van der Waals surface area contributed by atoms with Crippen LogP contribution in [-0.4, -0.2) is 29.3 Å². The Balaban J connectivity index is 1.54. The number of halogens is 1. The van der Waals surface area contributed by atoms with E-state index in [1.807, 2.05) is 55.5 Å². The second kappa shape index (κ2) is 8.85. The minimum Gasteiger partial charge on any atom is -0.324 e. The lowest BCUT2D eigenvalue weighted by Crippen LogP contribution is -2.44. The third-order valence-corrected chi connectivity index (χ3v) is 5.88. The summed E-state index contributed by atoms with van der Waals surface area (Å²) in [5.41, 5.74) is 1.81. The van der Waals surface area contributed by atoms with Gasteiger partial charge in [-0.3, -0.25) is 14.5 Å². The third kappa shape index (κ3) is 3.97. The van der Waals surface area contributed by atoms with Crippen LogP contribution in [-0.2, 0) is 15.1 Å². The average molecular weight is 448 g/mol. The van der Waals surface area contributed by atoms with Crippen molar-refractivity contribution in [2.24, 2.45) is 0 Å². The molecule has 4 amide bonds. The summed E-state index contributed by atoms with van der Waals surface area (Å²) in [5, 5.41) is 6.15. The van der Waals surface area contributed by atoms with Gasteiger partial charge in [-0.2, -0.15) is 0 Å². The molecule has 0 bridgehead atoms. The molecule has 0 saturated carbocycles. The van der Waals surface area contributed by atoms with Gasteiger partial charge in [0.2, 0.25) is 5.91 Å². The summed E-state index contributed by atoms with van der Waals surface area (Å²) in [4.78, 5) is 39.7. The number of urea groups is 1. The molecule has 0 unspecified atom stereocenters. The van der Waals surface area contributed by atoms with Crippen LogP contribution < -0.4 is 10.6 Å². The van der Waals surface area contributed by atoms with Gasteiger partial charge in [-0.1, -0.05) is 79.2 Å². The Bertz CT molecular complexity index is 1160.